The summed E-state index contributed by atoms with van der Waals surface area (Å²) in [5.41, 5.74) is 3.61. The van der Waals surface area contributed by atoms with Gasteiger partial charge >= 0.3 is 0 Å². The van der Waals surface area contributed by atoms with Gasteiger partial charge in [-0.1, -0.05) is 6.07 Å². The molecular weight excluding hydrogens is 210 g/mol. The summed E-state index contributed by atoms with van der Waals surface area (Å²) in [6, 6.07) is 10.4. The minimum Gasteiger partial charge on any atom is -0.490 e. The zero-order chi connectivity index (χ0) is 11.7. The molecule has 0 atom stereocenters. The van der Waals surface area contributed by atoms with Crippen LogP contribution in [0.2, 0.25) is 0 Å². The van der Waals surface area contributed by atoms with E-state index in [9.17, 15) is 0 Å². The number of aromatic nitrogens is 1. The molecule has 2 heteroatoms. The predicted octanol–water partition coefficient (Wildman–Crippen LogP) is 3.60. The predicted molar refractivity (Wildman–Crippen MR) is 68.1 cm³/mol. The molecule has 0 unspecified atom stereocenters. The Hall–Kier alpha value is -1.83. The van der Waals surface area contributed by atoms with Crippen LogP contribution >= 0.6 is 0 Å². The van der Waals surface area contributed by atoms with Crippen LogP contribution in [0.4, 0.5) is 0 Å². The summed E-state index contributed by atoms with van der Waals surface area (Å²) in [4.78, 5) is 4.04. The van der Waals surface area contributed by atoms with E-state index in [1.807, 2.05) is 24.5 Å². The number of pyridine rings is 1. The number of aryl methyl sites for hydroxylation is 1. The maximum Gasteiger partial charge on any atom is 0.120 e. The van der Waals surface area contributed by atoms with E-state index in [0.717, 1.165) is 5.75 Å². The molecule has 0 spiro atoms. The number of rotatable bonds is 3. The van der Waals surface area contributed by atoms with Crippen LogP contribution < -0.4 is 4.74 Å². The second-order valence-electron chi connectivity index (χ2n) is 4.59. The van der Waals surface area contributed by atoms with Crippen molar-refractivity contribution in [3.8, 4) is 16.9 Å². The SMILES string of the molecule is Cc1cc(OC2CC2)cc(-c2ccncc2)c1. The topological polar surface area (TPSA) is 22.1 Å². The molecule has 1 aromatic heterocycles. The number of ether oxygens (including phenoxy) is 1. The quantitative estimate of drug-likeness (QED) is 0.796. The molecule has 0 saturated heterocycles. The van der Waals surface area contributed by atoms with E-state index in [2.05, 4.69) is 30.1 Å². The Bertz CT molecular complexity index is 518. The summed E-state index contributed by atoms with van der Waals surface area (Å²) in [5, 5.41) is 0. The Labute approximate surface area is 101 Å². The molecule has 0 radical (unpaired) electrons. The van der Waals surface area contributed by atoms with E-state index < -0.39 is 0 Å². The van der Waals surface area contributed by atoms with Crippen molar-refractivity contribution < 1.29 is 4.74 Å². The highest BCUT2D eigenvalue weighted by Crippen LogP contribution is 2.30. The molecule has 1 aromatic carbocycles. The molecule has 86 valence electrons. The minimum atomic E-state index is 0.446. The average Bonchev–Trinajstić information content (AvgIpc) is 3.13. The normalized spacial score (nSPS) is 14.6. The lowest BCUT2D eigenvalue weighted by atomic mass is 10.0. The summed E-state index contributed by atoms with van der Waals surface area (Å²) >= 11 is 0. The second kappa shape index (κ2) is 4.21. The molecule has 1 fully saturated rings. The zero-order valence-corrected chi connectivity index (χ0v) is 9.89. The van der Waals surface area contributed by atoms with Gasteiger partial charge in [0.25, 0.3) is 0 Å². The van der Waals surface area contributed by atoms with Crippen LogP contribution in [0.5, 0.6) is 5.75 Å². The van der Waals surface area contributed by atoms with Crippen molar-refractivity contribution in [2.75, 3.05) is 0 Å². The summed E-state index contributed by atoms with van der Waals surface area (Å²) in [6.07, 6.45) is 6.47. The summed E-state index contributed by atoms with van der Waals surface area (Å²) < 4.78 is 5.85. The van der Waals surface area contributed by atoms with Crippen LogP contribution in [0.15, 0.2) is 42.7 Å². The lowest BCUT2D eigenvalue weighted by molar-refractivity contribution is 0.303. The summed E-state index contributed by atoms with van der Waals surface area (Å²) in [5.74, 6) is 0.985. The lowest BCUT2D eigenvalue weighted by Crippen LogP contribution is -1.96. The van der Waals surface area contributed by atoms with Gasteiger partial charge in [0.05, 0.1) is 6.10 Å². The fraction of sp³-hybridized carbons (Fsp3) is 0.267. The van der Waals surface area contributed by atoms with Crippen molar-refractivity contribution in [1.82, 2.24) is 4.98 Å². The van der Waals surface area contributed by atoms with Crippen LogP contribution in [0.1, 0.15) is 18.4 Å². The summed E-state index contributed by atoms with van der Waals surface area (Å²) in [7, 11) is 0. The third-order valence-electron chi connectivity index (χ3n) is 2.89. The fourth-order valence-corrected chi connectivity index (χ4v) is 1.91. The van der Waals surface area contributed by atoms with Crippen molar-refractivity contribution in [2.45, 2.75) is 25.9 Å². The van der Waals surface area contributed by atoms with Crippen molar-refractivity contribution in [3.63, 3.8) is 0 Å². The van der Waals surface area contributed by atoms with Gasteiger partial charge in [-0.2, -0.15) is 0 Å². The highest BCUT2D eigenvalue weighted by Gasteiger charge is 2.23. The molecule has 1 saturated carbocycles. The number of nitrogens with zero attached hydrogens (tertiary/aromatic N) is 1. The first-order valence-electron chi connectivity index (χ1n) is 6.00. The van der Waals surface area contributed by atoms with Gasteiger partial charge < -0.3 is 4.74 Å². The zero-order valence-electron chi connectivity index (χ0n) is 9.89. The molecule has 3 rings (SSSR count). The lowest BCUT2D eigenvalue weighted by Gasteiger charge is -2.09. The average molecular weight is 225 g/mol. The van der Waals surface area contributed by atoms with Crippen molar-refractivity contribution >= 4 is 0 Å². The molecule has 0 aliphatic heterocycles. The van der Waals surface area contributed by atoms with E-state index in [0.29, 0.717) is 6.10 Å². The smallest absolute Gasteiger partial charge is 0.120 e. The Balaban J connectivity index is 1.95. The maximum absolute atomic E-state index is 5.85. The van der Waals surface area contributed by atoms with Crippen molar-refractivity contribution in [1.29, 1.82) is 0 Å². The standard InChI is InChI=1S/C15H15NO/c1-11-8-13(12-4-6-16-7-5-12)10-15(9-11)17-14-2-3-14/h4-10,14H,2-3H2,1H3. The first-order valence-corrected chi connectivity index (χ1v) is 6.00. The molecule has 0 bridgehead atoms. The molecule has 1 heterocycles. The molecule has 2 aromatic rings. The van der Waals surface area contributed by atoms with Gasteiger partial charge in [0.1, 0.15) is 5.75 Å². The Kier molecular flexibility index (Phi) is 2.56. The molecule has 0 amide bonds. The first kappa shape index (κ1) is 10.3. The van der Waals surface area contributed by atoms with Crippen molar-refractivity contribution in [3.05, 3.63) is 48.3 Å². The summed E-state index contributed by atoms with van der Waals surface area (Å²) in [6.45, 7) is 2.10. The Morgan fingerprint density at radius 2 is 1.82 bits per heavy atom. The molecule has 1 aliphatic rings. The third kappa shape index (κ3) is 2.47. The molecule has 17 heavy (non-hydrogen) atoms. The van der Waals surface area contributed by atoms with Crippen LogP contribution in [-0.2, 0) is 0 Å². The second-order valence-corrected chi connectivity index (χ2v) is 4.59. The monoisotopic (exact) mass is 225 g/mol. The number of hydrogen-bond donors (Lipinski definition) is 0. The van der Waals surface area contributed by atoms with Gasteiger partial charge in [-0.15, -0.1) is 0 Å². The van der Waals surface area contributed by atoms with Crippen LogP contribution in [0.3, 0.4) is 0 Å². The fourth-order valence-electron chi connectivity index (χ4n) is 1.91. The van der Waals surface area contributed by atoms with E-state index in [-0.39, 0.29) is 0 Å². The van der Waals surface area contributed by atoms with E-state index >= 15 is 0 Å². The first-order chi connectivity index (χ1) is 8.31. The van der Waals surface area contributed by atoms with Crippen molar-refractivity contribution in [2.24, 2.45) is 0 Å². The van der Waals surface area contributed by atoms with Crippen LogP contribution in [-0.4, -0.2) is 11.1 Å². The number of hydrogen-bond acceptors (Lipinski definition) is 2. The van der Waals surface area contributed by atoms with Gasteiger partial charge in [-0.3, -0.25) is 4.98 Å². The van der Waals surface area contributed by atoms with Crippen LogP contribution in [0.25, 0.3) is 11.1 Å². The molecule has 2 nitrogen and oxygen atoms in total. The minimum absolute atomic E-state index is 0.446. The Morgan fingerprint density at radius 1 is 1.06 bits per heavy atom. The maximum atomic E-state index is 5.85. The van der Waals surface area contributed by atoms with Gasteiger partial charge in [-0.05, 0) is 60.7 Å². The van der Waals surface area contributed by atoms with E-state index in [1.54, 1.807) is 0 Å². The third-order valence-corrected chi connectivity index (χ3v) is 2.89. The largest absolute Gasteiger partial charge is 0.490 e. The van der Waals surface area contributed by atoms with E-state index in [1.165, 1.54) is 29.5 Å². The molecule has 0 N–H and O–H groups in total. The molecule has 1 aliphatic carbocycles. The highest BCUT2D eigenvalue weighted by atomic mass is 16.5. The number of benzene rings is 1. The van der Waals surface area contributed by atoms with Gasteiger partial charge in [0.2, 0.25) is 0 Å². The Morgan fingerprint density at radius 3 is 2.53 bits per heavy atom. The van der Waals surface area contributed by atoms with Gasteiger partial charge in [-0.25, -0.2) is 0 Å². The van der Waals surface area contributed by atoms with E-state index in [4.69, 9.17) is 4.74 Å². The van der Waals surface area contributed by atoms with Gasteiger partial charge in [0.15, 0.2) is 0 Å². The van der Waals surface area contributed by atoms with Gasteiger partial charge in [0, 0.05) is 12.4 Å². The van der Waals surface area contributed by atoms with Crippen LogP contribution in [0, 0.1) is 6.92 Å². The highest BCUT2D eigenvalue weighted by molar-refractivity contribution is 5.65. The molecular formula is C15H15NO.